The van der Waals surface area contributed by atoms with Gasteiger partial charge in [0.1, 0.15) is 44.9 Å². The molecule has 0 unspecified atom stereocenters. The van der Waals surface area contributed by atoms with Crippen molar-refractivity contribution in [3.05, 3.63) is 68.4 Å². The van der Waals surface area contributed by atoms with Crippen molar-refractivity contribution in [3.63, 3.8) is 0 Å². The topological polar surface area (TPSA) is 172 Å². The van der Waals surface area contributed by atoms with Crippen molar-refractivity contribution in [1.82, 2.24) is 0 Å². The fraction of sp³-hybridized carbons (Fsp3) is 0.259. The number of hydrogen-bond donors (Lipinski definition) is 2. The van der Waals surface area contributed by atoms with E-state index in [1.54, 1.807) is 0 Å². The van der Waals surface area contributed by atoms with E-state index < -0.39 is 34.3 Å². The molecule has 4 rings (SSSR count). The van der Waals surface area contributed by atoms with E-state index in [1.165, 1.54) is 38.5 Å². The van der Waals surface area contributed by atoms with E-state index in [0.717, 1.165) is 12.1 Å². The summed E-state index contributed by atoms with van der Waals surface area (Å²) < 4.78 is 32.6. The zero-order valence-electron chi connectivity index (χ0n) is 21.0. The lowest BCUT2D eigenvalue weighted by atomic mass is 10.2. The van der Waals surface area contributed by atoms with Crippen molar-refractivity contribution in [2.75, 3.05) is 27.4 Å². The van der Waals surface area contributed by atoms with Gasteiger partial charge < -0.3 is 38.0 Å². The molecule has 2 aromatic carbocycles. The molecule has 0 fully saturated rings. The van der Waals surface area contributed by atoms with Gasteiger partial charge in [-0.25, -0.2) is 9.59 Å². The van der Waals surface area contributed by atoms with Crippen LogP contribution in [-0.2, 0) is 0 Å². The van der Waals surface area contributed by atoms with Gasteiger partial charge in [-0.1, -0.05) is 0 Å². The lowest BCUT2D eigenvalue weighted by molar-refractivity contribution is 0.0653. The average Bonchev–Trinajstić information content (AvgIpc) is 2.91. The van der Waals surface area contributed by atoms with E-state index in [0.29, 0.717) is 30.8 Å². The Morgan fingerprint density at radius 3 is 1.44 bits per heavy atom. The Morgan fingerprint density at radius 2 is 1.08 bits per heavy atom. The molecule has 2 heterocycles. The van der Waals surface area contributed by atoms with Crippen LogP contribution in [-0.4, -0.2) is 49.6 Å². The van der Waals surface area contributed by atoms with Gasteiger partial charge in [-0.2, -0.15) is 0 Å². The molecule has 12 nitrogen and oxygen atoms in total. The van der Waals surface area contributed by atoms with Crippen LogP contribution in [0.25, 0.3) is 21.9 Å². The molecule has 0 saturated heterocycles. The normalized spacial score (nSPS) is 10.9. The quantitative estimate of drug-likeness (QED) is 0.248. The number of aromatic carboxylic acids is 2. The third-order valence-corrected chi connectivity index (χ3v) is 5.73. The highest BCUT2D eigenvalue weighted by molar-refractivity contribution is 5.91. The summed E-state index contributed by atoms with van der Waals surface area (Å²) in [5.74, 6) is -2.62. The number of benzene rings is 2. The highest BCUT2D eigenvalue weighted by Crippen LogP contribution is 2.31. The molecule has 0 spiro atoms. The largest absolute Gasteiger partial charge is 0.496 e. The molecule has 0 aliphatic heterocycles. The molecule has 12 heteroatoms. The van der Waals surface area contributed by atoms with Gasteiger partial charge in [0, 0.05) is 36.4 Å². The summed E-state index contributed by atoms with van der Waals surface area (Å²) in [4.78, 5) is 47.5. The number of methoxy groups -OCH3 is 2. The van der Waals surface area contributed by atoms with Gasteiger partial charge in [-0.05, 0) is 19.3 Å². The predicted octanol–water partition coefficient (Wildman–Crippen LogP) is 3.94. The zero-order valence-corrected chi connectivity index (χ0v) is 21.0. The Balaban J connectivity index is 1.39. The summed E-state index contributed by atoms with van der Waals surface area (Å²) in [5, 5.41) is 18.5. The smallest absolute Gasteiger partial charge is 0.371 e. The van der Waals surface area contributed by atoms with Crippen molar-refractivity contribution in [3.8, 4) is 23.0 Å². The molecule has 39 heavy (non-hydrogen) atoms. The minimum atomic E-state index is -1.37. The summed E-state index contributed by atoms with van der Waals surface area (Å²) in [6, 6.07) is 7.67. The first kappa shape index (κ1) is 27.0. The summed E-state index contributed by atoms with van der Waals surface area (Å²) in [6.45, 7) is 0.484. The number of fused-ring (bicyclic) bond motifs is 2. The van der Waals surface area contributed by atoms with Gasteiger partial charge in [-0.15, -0.1) is 0 Å². The minimum Gasteiger partial charge on any atom is -0.496 e. The molecule has 2 aromatic heterocycles. The molecular formula is C27H24O12. The number of rotatable bonds is 12. The highest BCUT2D eigenvalue weighted by atomic mass is 16.5. The van der Waals surface area contributed by atoms with Crippen LogP contribution in [0.1, 0.15) is 40.4 Å². The Hall–Kier alpha value is -5.00. The van der Waals surface area contributed by atoms with Crippen molar-refractivity contribution in [2.45, 2.75) is 19.3 Å². The van der Waals surface area contributed by atoms with Gasteiger partial charge in [0.05, 0.1) is 27.4 Å². The lowest BCUT2D eigenvalue weighted by Gasteiger charge is -2.12. The van der Waals surface area contributed by atoms with E-state index in [9.17, 15) is 19.2 Å². The maximum atomic E-state index is 12.5. The number of ether oxygens (including phenoxy) is 4. The van der Waals surface area contributed by atoms with E-state index >= 15 is 0 Å². The highest BCUT2D eigenvalue weighted by Gasteiger charge is 2.18. The molecule has 0 bridgehead atoms. The molecule has 0 aliphatic rings. The number of carboxylic acid groups (broad SMARTS) is 2. The Bertz CT molecular complexity index is 1540. The van der Waals surface area contributed by atoms with E-state index in [4.69, 9.17) is 38.0 Å². The van der Waals surface area contributed by atoms with Crippen LogP contribution < -0.4 is 29.8 Å². The summed E-state index contributed by atoms with van der Waals surface area (Å²) in [6.07, 6.45) is 1.84. The second kappa shape index (κ2) is 11.6. The fourth-order valence-electron chi connectivity index (χ4n) is 3.88. The van der Waals surface area contributed by atoms with Crippen LogP contribution in [0.4, 0.5) is 0 Å². The molecule has 0 radical (unpaired) electrons. The van der Waals surface area contributed by atoms with Crippen molar-refractivity contribution >= 4 is 33.9 Å². The van der Waals surface area contributed by atoms with Crippen LogP contribution in [0.2, 0.25) is 0 Å². The van der Waals surface area contributed by atoms with Crippen LogP contribution >= 0.6 is 0 Å². The van der Waals surface area contributed by atoms with Crippen LogP contribution in [0.3, 0.4) is 0 Å². The van der Waals surface area contributed by atoms with Gasteiger partial charge >= 0.3 is 11.9 Å². The summed E-state index contributed by atoms with van der Waals surface area (Å²) in [7, 11) is 2.84. The van der Waals surface area contributed by atoms with Gasteiger partial charge in [0.15, 0.2) is 10.9 Å². The molecule has 4 aromatic rings. The number of hydrogen-bond acceptors (Lipinski definition) is 10. The first-order valence-corrected chi connectivity index (χ1v) is 11.8. The van der Waals surface area contributed by atoms with Crippen molar-refractivity contribution in [1.29, 1.82) is 0 Å². The zero-order chi connectivity index (χ0) is 28.1. The van der Waals surface area contributed by atoms with Gasteiger partial charge in [-0.3, -0.25) is 9.59 Å². The van der Waals surface area contributed by atoms with Crippen LogP contribution in [0.15, 0.2) is 54.8 Å². The average molecular weight is 540 g/mol. The standard InChI is InChI=1S/C27H24O12/c1-34-14-8-18(24-16(28)12-22(26(30)31)38-20(24)10-14)36-6-4-3-5-7-37-19-9-15(35-2)11-21-25(19)17(29)13-23(39-21)27(32)33/h8-13H,3-7H2,1-2H3,(H,30,31)(H,32,33). The first-order chi connectivity index (χ1) is 18.7. The molecule has 0 saturated carbocycles. The van der Waals surface area contributed by atoms with Crippen LogP contribution in [0.5, 0.6) is 23.0 Å². The number of carbonyl (C=O) groups is 2. The van der Waals surface area contributed by atoms with Crippen molar-refractivity contribution < 1.29 is 47.6 Å². The Labute approximate surface area is 219 Å². The molecular weight excluding hydrogens is 516 g/mol. The molecule has 0 amide bonds. The van der Waals surface area contributed by atoms with Gasteiger partial charge in [0.25, 0.3) is 0 Å². The molecule has 204 valence electrons. The molecule has 0 aliphatic carbocycles. The second-order valence-corrected chi connectivity index (χ2v) is 8.32. The van der Waals surface area contributed by atoms with E-state index in [2.05, 4.69) is 0 Å². The van der Waals surface area contributed by atoms with Crippen molar-refractivity contribution in [2.24, 2.45) is 0 Å². The second-order valence-electron chi connectivity index (χ2n) is 8.32. The van der Waals surface area contributed by atoms with Gasteiger partial charge in [0.2, 0.25) is 11.5 Å². The monoisotopic (exact) mass is 540 g/mol. The minimum absolute atomic E-state index is 0.0353. The SMILES string of the molecule is COc1cc(OCCCCCOc2cc(OC)cc3oc(C(=O)O)cc(=O)c23)c2c(=O)cc(C(=O)O)oc2c1. The third-order valence-electron chi connectivity index (χ3n) is 5.73. The van der Waals surface area contributed by atoms with Crippen LogP contribution in [0, 0.1) is 0 Å². The number of unbranched alkanes of at least 4 members (excludes halogenated alkanes) is 2. The Kier molecular flexibility index (Phi) is 8.04. The maximum absolute atomic E-state index is 12.5. The number of carboxylic acids is 2. The third kappa shape index (κ3) is 5.95. The van der Waals surface area contributed by atoms with E-state index in [-0.39, 0.29) is 46.7 Å². The Morgan fingerprint density at radius 1 is 0.667 bits per heavy atom. The summed E-state index contributed by atoms with van der Waals surface area (Å²) in [5.41, 5.74) is -1.03. The lowest BCUT2D eigenvalue weighted by Crippen LogP contribution is -2.10. The fourth-order valence-corrected chi connectivity index (χ4v) is 3.88. The van der Waals surface area contributed by atoms with E-state index in [1.807, 2.05) is 0 Å². The summed E-state index contributed by atoms with van der Waals surface area (Å²) >= 11 is 0. The molecule has 0 atom stereocenters. The first-order valence-electron chi connectivity index (χ1n) is 11.8. The maximum Gasteiger partial charge on any atom is 0.371 e. The molecule has 2 N–H and O–H groups in total. The predicted molar refractivity (Wildman–Crippen MR) is 137 cm³/mol.